The van der Waals surface area contributed by atoms with Crippen LogP contribution in [-0.2, 0) is 25.0 Å². The van der Waals surface area contributed by atoms with Crippen LogP contribution in [0.1, 0.15) is 103 Å². The molecule has 0 radical (unpaired) electrons. The molecule has 1 aromatic carbocycles. The molecule has 1 aromatic rings. The molecule has 0 bridgehead atoms. The molecular weight excluding hydrogens is 489 g/mol. The molecule has 2 unspecified atom stereocenters. The molecule has 0 saturated carbocycles. The molecule has 0 aliphatic rings. The van der Waals surface area contributed by atoms with Crippen molar-refractivity contribution in [3.05, 3.63) is 29.8 Å². The van der Waals surface area contributed by atoms with Gasteiger partial charge in [0.15, 0.2) is 6.10 Å². The second-order valence-corrected chi connectivity index (χ2v) is 10.6. The van der Waals surface area contributed by atoms with E-state index in [1.54, 1.807) is 0 Å². The average Bonchev–Trinajstić information content (AvgIpc) is 2.89. The van der Waals surface area contributed by atoms with E-state index in [2.05, 4.69) is 25.2 Å². The first kappa shape index (κ1) is 33.8. The van der Waals surface area contributed by atoms with Gasteiger partial charge in [-0.05, 0) is 31.4 Å². The van der Waals surface area contributed by atoms with Crippen LogP contribution in [0.25, 0.3) is 0 Å². The van der Waals surface area contributed by atoms with E-state index in [0.29, 0.717) is 6.61 Å². The normalized spacial score (nSPS) is 12.9. The summed E-state index contributed by atoms with van der Waals surface area (Å²) in [6.45, 7) is 7.96. The van der Waals surface area contributed by atoms with E-state index in [1.165, 1.54) is 77.6 Å². The highest BCUT2D eigenvalue weighted by Crippen LogP contribution is 2.32. The maximum atomic E-state index is 11.5. The molecule has 37 heavy (non-hydrogen) atoms. The van der Waals surface area contributed by atoms with E-state index >= 15 is 0 Å². The van der Waals surface area contributed by atoms with Crippen LogP contribution < -0.4 is 10.1 Å². The zero-order chi connectivity index (χ0) is 27.0. The Kier molecular flexibility index (Phi) is 21.8. The van der Waals surface area contributed by atoms with Crippen molar-refractivity contribution >= 4 is 14.6 Å². The summed E-state index contributed by atoms with van der Waals surface area (Å²) in [6.07, 6.45) is 16.3. The fraction of sp³-hybridized carbons (Fsp3) is 0.759. The summed E-state index contributed by atoms with van der Waals surface area (Å²) in [7, 11) is -2.01. The number of carbonyl (C=O) groups excluding carboxylic acids is 1. The number of para-hydroxylation sites is 1. The first-order chi connectivity index (χ1) is 18.1. The van der Waals surface area contributed by atoms with Crippen LogP contribution in [0.5, 0.6) is 5.75 Å². The van der Waals surface area contributed by atoms with Gasteiger partial charge in [0.05, 0.1) is 19.7 Å². The van der Waals surface area contributed by atoms with Crippen LogP contribution in [0.15, 0.2) is 24.3 Å². The summed E-state index contributed by atoms with van der Waals surface area (Å²) in [5.74, 6) is 0.392. The Morgan fingerprint density at radius 1 is 0.892 bits per heavy atom. The molecule has 0 aliphatic carbocycles. The van der Waals surface area contributed by atoms with Gasteiger partial charge in [0.2, 0.25) is 0 Å². The number of unbranched alkanes of at least 4 members (excludes halogenated alkanes) is 11. The fourth-order valence-electron chi connectivity index (χ4n) is 4.14. The molecule has 2 atom stereocenters. The minimum atomic E-state index is -2.01. The molecule has 0 aliphatic heterocycles. The lowest BCUT2D eigenvalue weighted by atomic mass is 10.0. The van der Waals surface area contributed by atoms with Gasteiger partial charge >= 0.3 is 14.6 Å². The number of carbonyl (C=O) groups is 1. The van der Waals surface area contributed by atoms with Gasteiger partial charge in [0.25, 0.3) is 0 Å². The van der Waals surface area contributed by atoms with Gasteiger partial charge in [-0.25, -0.2) is 0 Å². The molecule has 8 heteroatoms. The Hall–Kier alpha value is -1.24. The number of hydrogen-bond donors (Lipinski definition) is 2. The van der Waals surface area contributed by atoms with Crippen molar-refractivity contribution < 1.29 is 33.5 Å². The van der Waals surface area contributed by atoms with E-state index in [4.69, 9.17) is 18.5 Å². The monoisotopic (exact) mass is 542 g/mol. The number of quaternary nitrogens is 1. The second kappa shape index (κ2) is 23.8. The molecule has 0 fully saturated rings. The van der Waals surface area contributed by atoms with Gasteiger partial charge in [0, 0.05) is 6.92 Å². The number of rotatable bonds is 25. The SMILES string of the molecule is CCCCCCCCCCCCCCc1ccccc1OCC(COP(O)OCC[NH2+]CC)OC(C)=O. The average molecular weight is 543 g/mol. The number of aryl methyl sites for hydroxylation is 1. The molecule has 0 heterocycles. The van der Waals surface area contributed by atoms with Gasteiger partial charge in [0.1, 0.15) is 19.0 Å². The Labute approximate surface area is 227 Å². The number of ether oxygens (including phenoxy) is 2. The predicted octanol–water partition coefficient (Wildman–Crippen LogP) is 6.08. The first-order valence-corrected chi connectivity index (χ1v) is 15.6. The molecule has 0 amide bonds. The Morgan fingerprint density at radius 3 is 2.14 bits per heavy atom. The molecule has 214 valence electrons. The molecule has 0 saturated heterocycles. The topological polar surface area (TPSA) is 90.8 Å². The van der Waals surface area contributed by atoms with Crippen molar-refractivity contribution in [2.45, 2.75) is 110 Å². The Bertz CT molecular complexity index is 678. The largest absolute Gasteiger partial charge is 0.489 e. The molecule has 0 spiro atoms. The smallest absolute Gasteiger partial charge is 0.330 e. The van der Waals surface area contributed by atoms with Crippen LogP contribution in [0.2, 0.25) is 0 Å². The fourth-order valence-corrected chi connectivity index (χ4v) is 4.77. The summed E-state index contributed by atoms with van der Waals surface area (Å²) in [5, 5.41) is 2.08. The van der Waals surface area contributed by atoms with Crippen LogP contribution >= 0.6 is 8.60 Å². The number of likely N-dealkylation sites (N-methyl/N-ethyl adjacent to an activating group) is 1. The number of nitrogens with two attached hydrogens (primary N) is 1. The summed E-state index contributed by atoms with van der Waals surface area (Å²) in [4.78, 5) is 21.5. The number of esters is 1. The maximum Gasteiger partial charge on any atom is 0.330 e. The van der Waals surface area contributed by atoms with Gasteiger partial charge in [-0.2, -0.15) is 0 Å². The molecule has 3 N–H and O–H groups in total. The lowest BCUT2D eigenvalue weighted by Crippen LogP contribution is -2.84. The highest BCUT2D eigenvalue weighted by molar-refractivity contribution is 7.40. The van der Waals surface area contributed by atoms with E-state index in [9.17, 15) is 9.69 Å². The second-order valence-electron chi connectivity index (χ2n) is 9.64. The highest BCUT2D eigenvalue weighted by atomic mass is 31.2. The first-order valence-electron chi connectivity index (χ1n) is 14.5. The van der Waals surface area contributed by atoms with E-state index < -0.39 is 20.7 Å². The van der Waals surface area contributed by atoms with Crippen molar-refractivity contribution in [3.63, 3.8) is 0 Å². The van der Waals surface area contributed by atoms with Gasteiger partial charge < -0.3 is 28.7 Å². The predicted molar refractivity (Wildman–Crippen MR) is 151 cm³/mol. The Balaban J connectivity index is 2.30. The summed E-state index contributed by atoms with van der Waals surface area (Å²) in [6, 6.07) is 8.03. The van der Waals surface area contributed by atoms with Gasteiger partial charge in [-0.1, -0.05) is 95.8 Å². The van der Waals surface area contributed by atoms with Crippen molar-refractivity contribution in [1.29, 1.82) is 0 Å². The van der Waals surface area contributed by atoms with Crippen LogP contribution in [-0.4, -0.2) is 49.9 Å². The molecular formula is C29H53NO6P+. The minimum Gasteiger partial charge on any atom is -0.489 e. The van der Waals surface area contributed by atoms with Crippen molar-refractivity contribution in [3.8, 4) is 5.75 Å². The quantitative estimate of drug-likeness (QED) is 0.0885. The molecule has 7 nitrogen and oxygen atoms in total. The molecule has 0 aromatic heterocycles. The molecule has 1 rings (SSSR count). The third-order valence-corrected chi connectivity index (χ3v) is 6.99. The number of hydrogen-bond acceptors (Lipinski definition) is 6. The van der Waals surface area contributed by atoms with Crippen molar-refractivity contribution in [2.24, 2.45) is 0 Å². The van der Waals surface area contributed by atoms with Crippen LogP contribution in [0, 0.1) is 0 Å². The zero-order valence-corrected chi connectivity index (χ0v) is 24.5. The minimum absolute atomic E-state index is 0.0141. The third-order valence-electron chi connectivity index (χ3n) is 6.21. The summed E-state index contributed by atoms with van der Waals surface area (Å²) < 4.78 is 22.0. The standard InChI is InChI=1S/C29H52NO6P/c1-4-6-7-8-9-10-11-12-13-14-15-16-19-27-20-17-18-21-29(27)33-24-28(36-26(3)31)25-35-37(32)34-23-22-30-5-2/h17-18,20-21,28,30,32H,4-16,19,22-25H2,1-3H3/p+1. The Morgan fingerprint density at radius 2 is 1.51 bits per heavy atom. The number of benzene rings is 1. The van der Waals surface area contributed by atoms with Crippen LogP contribution in [0.4, 0.5) is 0 Å². The highest BCUT2D eigenvalue weighted by Gasteiger charge is 2.18. The maximum absolute atomic E-state index is 11.5. The van der Waals surface area contributed by atoms with Gasteiger partial charge in [-0.3, -0.25) is 4.79 Å². The van der Waals surface area contributed by atoms with Crippen molar-refractivity contribution in [2.75, 3.05) is 32.9 Å². The van der Waals surface area contributed by atoms with E-state index in [1.807, 2.05) is 18.2 Å². The zero-order valence-electron chi connectivity index (χ0n) is 23.6. The van der Waals surface area contributed by atoms with E-state index in [0.717, 1.165) is 37.2 Å². The third kappa shape index (κ3) is 19.5. The lowest BCUT2D eigenvalue weighted by molar-refractivity contribution is -0.652. The summed E-state index contributed by atoms with van der Waals surface area (Å²) >= 11 is 0. The van der Waals surface area contributed by atoms with Crippen LogP contribution in [0.3, 0.4) is 0 Å². The van der Waals surface area contributed by atoms with Crippen molar-refractivity contribution in [1.82, 2.24) is 0 Å². The van der Waals surface area contributed by atoms with E-state index in [-0.39, 0.29) is 13.2 Å². The lowest BCUT2D eigenvalue weighted by Gasteiger charge is -2.20. The van der Waals surface area contributed by atoms with Gasteiger partial charge in [-0.15, -0.1) is 0 Å². The summed E-state index contributed by atoms with van der Waals surface area (Å²) in [5.41, 5.74) is 1.16.